The van der Waals surface area contributed by atoms with Crippen LogP contribution in [0.15, 0.2) is 54.6 Å². The lowest BCUT2D eigenvalue weighted by atomic mass is 9.94. The molecule has 140 valence electrons. The molecule has 4 rings (SSSR count). The van der Waals surface area contributed by atoms with Crippen molar-refractivity contribution in [2.75, 3.05) is 0 Å². The van der Waals surface area contributed by atoms with Gasteiger partial charge < -0.3 is 5.11 Å². The maximum absolute atomic E-state index is 10.3. The van der Waals surface area contributed by atoms with E-state index in [-0.39, 0.29) is 6.10 Å². The normalized spacial score (nSPS) is 14.0. The van der Waals surface area contributed by atoms with Gasteiger partial charge in [0.15, 0.2) is 0 Å². The number of aliphatic hydroxyl groups excluding tert-OH is 1. The zero-order chi connectivity index (χ0) is 18.6. The molecule has 0 saturated carbocycles. The molecule has 0 amide bonds. The molecule has 1 nitrogen and oxygen atoms in total. The lowest BCUT2D eigenvalue weighted by Gasteiger charge is -2.12. The number of unbranched alkanes of at least 4 members (excludes halogenated alkanes) is 3. The zero-order valence-corrected chi connectivity index (χ0v) is 16.4. The summed E-state index contributed by atoms with van der Waals surface area (Å²) in [6.45, 7) is 2.22. The Morgan fingerprint density at radius 3 is 2.41 bits per heavy atom. The van der Waals surface area contributed by atoms with E-state index in [1.165, 1.54) is 70.7 Å². The third-order valence-corrected chi connectivity index (χ3v) is 6.00. The minimum atomic E-state index is -0.218. The Hall–Kier alpha value is -2.12. The van der Waals surface area contributed by atoms with Crippen molar-refractivity contribution in [1.82, 2.24) is 0 Å². The van der Waals surface area contributed by atoms with Crippen molar-refractivity contribution in [3.63, 3.8) is 0 Å². The smallest absolute Gasteiger partial charge is 0.0580 e. The Morgan fingerprint density at radius 2 is 1.63 bits per heavy atom. The summed E-state index contributed by atoms with van der Waals surface area (Å²) in [7, 11) is 0. The number of aliphatic hydroxyl groups is 1. The van der Waals surface area contributed by atoms with Gasteiger partial charge in [-0.25, -0.2) is 0 Å². The Kier molecular flexibility index (Phi) is 5.59. The van der Waals surface area contributed by atoms with Gasteiger partial charge >= 0.3 is 0 Å². The highest BCUT2D eigenvalue weighted by atomic mass is 16.3. The average molecular weight is 359 g/mol. The molecule has 3 aromatic rings. The molecule has 1 atom stereocenters. The minimum absolute atomic E-state index is 0.218. The topological polar surface area (TPSA) is 20.2 Å². The van der Waals surface area contributed by atoms with E-state index in [9.17, 15) is 5.11 Å². The van der Waals surface area contributed by atoms with Gasteiger partial charge in [0.05, 0.1) is 6.10 Å². The van der Waals surface area contributed by atoms with Crippen molar-refractivity contribution in [2.24, 2.45) is 0 Å². The van der Waals surface area contributed by atoms with Crippen molar-refractivity contribution in [1.29, 1.82) is 0 Å². The highest BCUT2D eigenvalue weighted by molar-refractivity contribution is 6.01. The molecule has 0 aliphatic heterocycles. The standard InChI is InChI=1S/C26H30O/c1-2-3-4-5-8-23(27)18-19-10-12-20(13-11-19)24-17-16-22-15-14-21-7-6-9-25(24)26(21)22/h6-7,9-13,16-17,23,27H,2-5,8,14-15,18H2,1H3. The highest BCUT2D eigenvalue weighted by Crippen LogP contribution is 2.37. The predicted molar refractivity (Wildman–Crippen MR) is 115 cm³/mol. The Morgan fingerprint density at radius 1 is 0.852 bits per heavy atom. The zero-order valence-electron chi connectivity index (χ0n) is 16.4. The first-order valence-corrected chi connectivity index (χ1v) is 10.6. The maximum Gasteiger partial charge on any atom is 0.0580 e. The SMILES string of the molecule is CCCCCCC(O)Cc1ccc(-c2ccc3c4c(cccc24)CC3)cc1. The van der Waals surface area contributed by atoms with E-state index in [0.29, 0.717) is 0 Å². The van der Waals surface area contributed by atoms with Gasteiger partial charge in [-0.1, -0.05) is 87.2 Å². The number of benzene rings is 3. The largest absolute Gasteiger partial charge is 0.393 e. The van der Waals surface area contributed by atoms with Crippen LogP contribution in [0.5, 0.6) is 0 Å². The lowest BCUT2D eigenvalue weighted by Crippen LogP contribution is -2.10. The molecule has 0 saturated heterocycles. The van der Waals surface area contributed by atoms with E-state index in [0.717, 1.165) is 19.3 Å². The molecule has 0 fully saturated rings. The fourth-order valence-electron chi connectivity index (χ4n) is 4.50. The lowest BCUT2D eigenvalue weighted by molar-refractivity contribution is 0.161. The van der Waals surface area contributed by atoms with E-state index in [2.05, 4.69) is 61.5 Å². The van der Waals surface area contributed by atoms with E-state index in [1.54, 1.807) is 0 Å². The Bertz CT molecular complexity index is 897. The fraction of sp³-hybridized carbons (Fsp3) is 0.385. The molecular weight excluding hydrogens is 328 g/mol. The average Bonchev–Trinajstić information content (AvgIpc) is 3.12. The number of rotatable bonds is 8. The Labute approximate surface area is 163 Å². The van der Waals surface area contributed by atoms with Crippen LogP contribution in [0.2, 0.25) is 0 Å². The molecular formula is C26H30O. The molecule has 0 radical (unpaired) electrons. The van der Waals surface area contributed by atoms with Gasteiger partial charge in [0.2, 0.25) is 0 Å². The van der Waals surface area contributed by atoms with Crippen LogP contribution in [0.1, 0.15) is 55.7 Å². The minimum Gasteiger partial charge on any atom is -0.393 e. The molecule has 1 unspecified atom stereocenters. The number of hydrogen-bond acceptors (Lipinski definition) is 1. The van der Waals surface area contributed by atoms with Crippen molar-refractivity contribution in [2.45, 2.75) is 64.4 Å². The first kappa shape index (κ1) is 18.3. The van der Waals surface area contributed by atoms with Gasteiger partial charge in [0.25, 0.3) is 0 Å². The first-order valence-electron chi connectivity index (χ1n) is 10.6. The predicted octanol–water partition coefficient (Wildman–Crippen LogP) is 6.48. The summed E-state index contributed by atoms with van der Waals surface area (Å²) < 4.78 is 0. The molecule has 27 heavy (non-hydrogen) atoms. The number of hydrogen-bond donors (Lipinski definition) is 1. The van der Waals surface area contributed by atoms with E-state index < -0.39 is 0 Å². The van der Waals surface area contributed by atoms with Crippen LogP contribution >= 0.6 is 0 Å². The van der Waals surface area contributed by atoms with Gasteiger partial charge in [-0.2, -0.15) is 0 Å². The monoisotopic (exact) mass is 358 g/mol. The molecule has 1 N–H and O–H groups in total. The molecule has 1 aliphatic carbocycles. The molecule has 1 aliphatic rings. The summed E-state index contributed by atoms with van der Waals surface area (Å²) in [5.74, 6) is 0. The second kappa shape index (κ2) is 8.27. The van der Waals surface area contributed by atoms with Crippen LogP contribution in [0, 0.1) is 0 Å². The van der Waals surface area contributed by atoms with Crippen LogP contribution in [0.25, 0.3) is 21.9 Å². The van der Waals surface area contributed by atoms with Gasteiger partial charge in [0.1, 0.15) is 0 Å². The fourth-order valence-corrected chi connectivity index (χ4v) is 4.50. The first-order chi connectivity index (χ1) is 13.3. The Balaban J connectivity index is 1.49. The summed E-state index contributed by atoms with van der Waals surface area (Å²) in [6.07, 6.45) is 8.68. The van der Waals surface area contributed by atoms with Crippen LogP contribution in [0.3, 0.4) is 0 Å². The van der Waals surface area contributed by atoms with Gasteiger partial charge in [-0.15, -0.1) is 0 Å². The molecule has 0 heterocycles. The third kappa shape index (κ3) is 3.94. The van der Waals surface area contributed by atoms with Crippen LogP contribution in [-0.4, -0.2) is 11.2 Å². The van der Waals surface area contributed by atoms with Crippen molar-refractivity contribution < 1.29 is 5.11 Å². The van der Waals surface area contributed by atoms with Gasteiger partial charge in [0, 0.05) is 0 Å². The summed E-state index contributed by atoms with van der Waals surface area (Å²) >= 11 is 0. The van der Waals surface area contributed by atoms with Crippen molar-refractivity contribution >= 4 is 10.8 Å². The van der Waals surface area contributed by atoms with E-state index in [4.69, 9.17) is 0 Å². The summed E-state index contributed by atoms with van der Waals surface area (Å²) in [4.78, 5) is 0. The van der Waals surface area contributed by atoms with E-state index in [1.807, 2.05) is 0 Å². The quantitative estimate of drug-likeness (QED) is 0.457. The van der Waals surface area contributed by atoms with Crippen LogP contribution < -0.4 is 0 Å². The molecule has 0 bridgehead atoms. The second-order valence-corrected chi connectivity index (χ2v) is 8.02. The molecule has 1 heteroatoms. The summed E-state index contributed by atoms with van der Waals surface area (Å²) in [6, 6.07) is 20.1. The summed E-state index contributed by atoms with van der Waals surface area (Å²) in [5.41, 5.74) is 6.81. The molecule has 0 spiro atoms. The highest BCUT2D eigenvalue weighted by Gasteiger charge is 2.16. The van der Waals surface area contributed by atoms with Crippen molar-refractivity contribution in [3.05, 3.63) is 71.3 Å². The molecule has 3 aromatic carbocycles. The van der Waals surface area contributed by atoms with E-state index >= 15 is 0 Å². The van der Waals surface area contributed by atoms with Gasteiger partial charge in [-0.3, -0.25) is 0 Å². The van der Waals surface area contributed by atoms with Gasteiger partial charge in [-0.05, 0) is 64.3 Å². The number of aryl methyl sites for hydroxylation is 2. The maximum atomic E-state index is 10.3. The third-order valence-electron chi connectivity index (χ3n) is 6.00. The van der Waals surface area contributed by atoms with Crippen LogP contribution in [-0.2, 0) is 19.3 Å². The van der Waals surface area contributed by atoms with Crippen molar-refractivity contribution in [3.8, 4) is 11.1 Å². The van der Waals surface area contributed by atoms with Crippen LogP contribution in [0.4, 0.5) is 0 Å². The second-order valence-electron chi connectivity index (χ2n) is 8.02. The molecule has 0 aromatic heterocycles. The summed E-state index contributed by atoms with van der Waals surface area (Å²) in [5, 5.41) is 13.2.